The second-order valence-corrected chi connectivity index (χ2v) is 11.1. The average molecular weight is 729 g/mol. The molecule has 5 N–H and O–H groups in total. The molecule has 0 amide bonds. The number of ketones is 1. The number of pyridine rings is 2. The summed E-state index contributed by atoms with van der Waals surface area (Å²) in [5, 5.41) is 44.4. The molecule has 7 heterocycles. The fourth-order valence-electron chi connectivity index (χ4n) is 5.14. The molecule has 7 aromatic heterocycles. The zero-order valence-corrected chi connectivity index (χ0v) is 28.6. The van der Waals surface area contributed by atoms with Crippen LogP contribution in [-0.4, -0.2) is 89.6 Å². The van der Waals surface area contributed by atoms with E-state index < -0.39 is 18.4 Å². The third-order valence-electron chi connectivity index (χ3n) is 7.76. The van der Waals surface area contributed by atoms with Crippen molar-refractivity contribution in [3.05, 3.63) is 96.1 Å². The van der Waals surface area contributed by atoms with Crippen LogP contribution in [0.15, 0.2) is 94.0 Å². The van der Waals surface area contributed by atoms with Crippen LogP contribution in [0.2, 0.25) is 0 Å². The van der Waals surface area contributed by atoms with Gasteiger partial charge >= 0.3 is 5.97 Å². The number of Topliss-reactive ketones (excluding diaryl/α,β-unsaturated/α-hetero) is 1. The fourth-order valence-corrected chi connectivity index (χ4v) is 5.14. The zero-order chi connectivity index (χ0) is 37.9. The summed E-state index contributed by atoms with van der Waals surface area (Å²) < 4.78 is 10.2. The summed E-state index contributed by atoms with van der Waals surface area (Å²) in [5.74, 6) is -0.176. The van der Waals surface area contributed by atoms with E-state index in [1.165, 1.54) is 50.6 Å². The lowest BCUT2D eigenvalue weighted by Gasteiger charge is -2.07. The van der Waals surface area contributed by atoms with Gasteiger partial charge in [-0.05, 0) is 38.1 Å². The number of aliphatic hydroxyl groups excluding tert-OH is 1. The van der Waals surface area contributed by atoms with Gasteiger partial charge in [0, 0.05) is 18.5 Å². The molecule has 0 radical (unpaired) electrons. The fraction of sp³-hybridized carbons (Fsp3) is 0.125. The van der Waals surface area contributed by atoms with Gasteiger partial charge in [-0.25, -0.2) is 24.7 Å². The molecule has 22 nitrogen and oxygen atoms in total. The molecule has 0 aromatic carbocycles. The predicted molar refractivity (Wildman–Crippen MR) is 188 cm³/mol. The largest absolute Gasteiger partial charge is 0.465 e. The first-order valence-corrected chi connectivity index (χ1v) is 15.8. The highest BCUT2D eigenvalue weighted by atomic mass is 16.5. The van der Waals surface area contributed by atoms with Crippen LogP contribution in [-0.2, 0) is 4.74 Å². The minimum Gasteiger partial charge on any atom is -0.465 e. The number of methoxy groups -OCH3 is 1. The Morgan fingerprint density at radius 3 is 1.67 bits per heavy atom. The SMILES string of the molecule is COC(=O)c1cnn(-c2cc(-n3ncc(C(=O)CO)c3N=Nc3c(C)nn(-c4ccccn4)c3N)ncn2)c1N=Nc1c(C)nn(-c2ccccn2)c1N. The van der Waals surface area contributed by atoms with Crippen LogP contribution in [0.25, 0.3) is 23.3 Å². The Balaban J connectivity index is 1.28. The van der Waals surface area contributed by atoms with E-state index in [9.17, 15) is 14.7 Å². The quantitative estimate of drug-likeness (QED) is 0.0975. The summed E-state index contributed by atoms with van der Waals surface area (Å²) in [5.41, 5.74) is 13.9. The second kappa shape index (κ2) is 14.4. The van der Waals surface area contributed by atoms with Gasteiger partial charge in [-0.1, -0.05) is 12.1 Å². The number of carbonyl (C=O) groups excluding carboxylic acids is 2. The number of ether oxygens (including phenoxy) is 1. The number of nitrogens with two attached hydrogens (primary N) is 2. The molecule has 0 unspecified atom stereocenters. The monoisotopic (exact) mass is 728 g/mol. The van der Waals surface area contributed by atoms with E-state index in [1.54, 1.807) is 62.6 Å². The third-order valence-corrected chi connectivity index (χ3v) is 7.76. The molecule has 0 saturated carbocycles. The van der Waals surface area contributed by atoms with Crippen molar-refractivity contribution >= 4 is 46.4 Å². The summed E-state index contributed by atoms with van der Waals surface area (Å²) in [6.07, 6.45) is 6.83. The molecule has 22 heteroatoms. The normalized spacial score (nSPS) is 11.6. The van der Waals surface area contributed by atoms with Crippen LogP contribution in [0, 0.1) is 13.8 Å². The molecule has 0 aliphatic heterocycles. The Kier molecular flexibility index (Phi) is 9.21. The van der Waals surface area contributed by atoms with Crippen LogP contribution in [0.4, 0.5) is 34.6 Å². The number of rotatable bonds is 11. The standard InChI is InChI=1S/C32H28N18O4/c1-17-26(28(33)47(45-17)22-8-4-6-10-35-22)41-43-30-19(21(52)15-51)13-39-49(30)24-12-25(38-16-37-24)50-31(20(14-40-50)32(53)54-3)44-42-27-18(2)46-48(29(27)34)23-9-5-7-11-36-23/h4-14,16,51H,15,33-34H2,1-3H3. The minimum atomic E-state index is -0.829. The lowest BCUT2D eigenvalue weighted by Crippen LogP contribution is -2.07. The molecule has 0 bridgehead atoms. The molecule has 7 aromatic rings. The first-order valence-electron chi connectivity index (χ1n) is 15.8. The van der Waals surface area contributed by atoms with Crippen LogP contribution in [0.1, 0.15) is 32.1 Å². The van der Waals surface area contributed by atoms with Gasteiger partial charge in [0.05, 0.1) is 36.5 Å². The van der Waals surface area contributed by atoms with Crippen LogP contribution >= 0.6 is 0 Å². The highest BCUT2D eigenvalue weighted by Gasteiger charge is 2.24. The summed E-state index contributed by atoms with van der Waals surface area (Å²) >= 11 is 0. The van der Waals surface area contributed by atoms with Crippen molar-refractivity contribution in [2.45, 2.75) is 13.8 Å². The smallest absolute Gasteiger partial charge is 0.343 e. The molecule has 0 saturated heterocycles. The Morgan fingerprint density at radius 1 is 0.704 bits per heavy atom. The van der Waals surface area contributed by atoms with E-state index in [2.05, 4.69) is 60.8 Å². The van der Waals surface area contributed by atoms with Crippen molar-refractivity contribution in [1.29, 1.82) is 0 Å². The van der Waals surface area contributed by atoms with Gasteiger partial charge in [0.1, 0.15) is 18.5 Å². The van der Waals surface area contributed by atoms with Crippen molar-refractivity contribution in [3.63, 3.8) is 0 Å². The van der Waals surface area contributed by atoms with Crippen LogP contribution in [0.3, 0.4) is 0 Å². The number of aromatic nitrogens is 12. The zero-order valence-electron chi connectivity index (χ0n) is 28.6. The first-order chi connectivity index (χ1) is 26.2. The number of nitrogens with zero attached hydrogens (tertiary/aromatic N) is 16. The summed E-state index contributed by atoms with van der Waals surface area (Å²) in [7, 11) is 1.21. The molecular formula is C32H28N18O4. The van der Waals surface area contributed by atoms with Gasteiger partial charge in [-0.15, -0.1) is 20.5 Å². The highest BCUT2D eigenvalue weighted by molar-refractivity contribution is 6.00. The minimum absolute atomic E-state index is 0.0432. The van der Waals surface area contributed by atoms with Gasteiger partial charge in [-0.3, -0.25) is 4.79 Å². The van der Waals surface area contributed by atoms with Crippen molar-refractivity contribution in [1.82, 2.24) is 59.1 Å². The summed E-state index contributed by atoms with van der Waals surface area (Å²) in [6, 6.07) is 12.0. The molecule has 0 spiro atoms. The van der Waals surface area contributed by atoms with Gasteiger partial charge in [-0.2, -0.15) is 39.1 Å². The number of aryl methyl sites for hydroxylation is 2. The number of nitrogen functional groups attached to an aromatic ring is 2. The Bertz CT molecular complexity index is 2400. The molecule has 54 heavy (non-hydrogen) atoms. The lowest BCUT2D eigenvalue weighted by atomic mass is 10.2. The van der Waals surface area contributed by atoms with E-state index in [0.717, 1.165) is 0 Å². The Labute approximate surface area is 303 Å². The number of hydrogen-bond donors (Lipinski definition) is 3. The van der Waals surface area contributed by atoms with Crippen molar-refractivity contribution in [3.8, 4) is 23.3 Å². The van der Waals surface area contributed by atoms with Crippen LogP contribution in [0.5, 0.6) is 0 Å². The topological polar surface area (TPSA) is 288 Å². The van der Waals surface area contributed by atoms with E-state index in [-0.39, 0.29) is 57.4 Å². The van der Waals surface area contributed by atoms with Crippen molar-refractivity contribution in [2.24, 2.45) is 20.5 Å². The Hall–Kier alpha value is -7.88. The Morgan fingerprint density at radius 2 is 1.20 bits per heavy atom. The average Bonchev–Trinajstić information content (AvgIpc) is 3.96. The molecule has 270 valence electrons. The van der Waals surface area contributed by atoms with Crippen LogP contribution < -0.4 is 11.5 Å². The summed E-state index contributed by atoms with van der Waals surface area (Å²) in [4.78, 5) is 42.7. The van der Waals surface area contributed by atoms with Gasteiger partial charge in [0.15, 0.2) is 63.7 Å². The number of esters is 1. The van der Waals surface area contributed by atoms with Crippen molar-refractivity contribution in [2.75, 3.05) is 25.2 Å². The van der Waals surface area contributed by atoms with E-state index in [1.807, 2.05) is 0 Å². The molecule has 0 aliphatic rings. The van der Waals surface area contributed by atoms with Crippen molar-refractivity contribution < 1.29 is 19.4 Å². The molecule has 7 rings (SSSR count). The molecular weight excluding hydrogens is 700 g/mol. The lowest BCUT2D eigenvalue weighted by molar-refractivity contribution is 0.0601. The molecule has 0 aliphatic carbocycles. The number of hydrogen-bond acceptors (Lipinski definition) is 18. The number of anilines is 2. The molecule has 0 atom stereocenters. The number of aliphatic hydroxyl groups is 1. The highest BCUT2D eigenvalue weighted by Crippen LogP contribution is 2.34. The maximum Gasteiger partial charge on any atom is 0.343 e. The predicted octanol–water partition coefficient (Wildman–Crippen LogP) is 3.58. The number of carbonyl (C=O) groups is 2. The van der Waals surface area contributed by atoms with Gasteiger partial charge in [0.25, 0.3) is 0 Å². The maximum absolute atomic E-state index is 12.8. The second-order valence-electron chi connectivity index (χ2n) is 11.1. The van der Waals surface area contributed by atoms with Gasteiger partial charge in [0.2, 0.25) is 0 Å². The van der Waals surface area contributed by atoms with E-state index >= 15 is 0 Å². The van der Waals surface area contributed by atoms with Gasteiger partial charge < -0.3 is 21.3 Å². The summed E-state index contributed by atoms with van der Waals surface area (Å²) in [6.45, 7) is 2.54. The van der Waals surface area contributed by atoms with E-state index in [4.69, 9.17) is 16.2 Å². The molecule has 0 fully saturated rings. The first kappa shape index (κ1) is 34.6. The maximum atomic E-state index is 12.8. The third kappa shape index (κ3) is 6.30. The van der Waals surface area contributed by atoms with E-state index in [0.29, 0.717) is 23.0 Å². The number of azo groups is 2.